The molecule has 0 aromatic rings. The summed E-state index contributed by atoms with van der Waals surface area (Å²) in [5.74, 6) is 1.69. The lowest BCUT2D eigenvalue weighted by Crippen LogP contribution is -2.39. The highest BCUT2D eigenvalue weighted by atomic mass is 16.3. The second kappa shape index (κ2) is 4.97. The predicted molar refractivity (Wildman–Crippen MR) is 55.7 cm³/mol. The van der Waals surface area contributed by atoms with Gasteiger partial charge in [-0.05, 0) is 38.0 Å². The lowest BCUT2D eigenvalue weighted by atomic mass is 9.80. The summed E-state index contributed by atoms with van der Waals surface area (Å²) in [5, 5.41) is 12.6. The summed E-state index contributed by atoms with van der Waals surface area (Å²) in [4.78, 5) is 0. The highest BCUT2D eigenvalue weighted by Gasteiger charge is 2.23. The van der Waals surface area contributed by atoms with Crippen molar-refractivity contribution in [1.29, 1.82) is 0 Å². The van der Waals surface area contributed by atoms with Crippen LogP contribution in [-0.4, -0.2) is 23.8 Å². The minimum Gasteiger partial charge on any atom is -0.392 e. The van der Waals surface area contributed by atoms with Crippen molar-refractivity contribution in [2.75, 3.05) is 6.54 Å². The molecule has 1 rings (SSSR count). The molecule has 0 spiro atoms. The van der Waals surface area contributed by atoms with E-state index in [-0.39, 0.29) is 6.10 Å². The number of hydrogen-bond donors (Lipinski definition) is 2. The van der Waals surface area contributed by atoms with Gasteiger partial charge in [-0.3, -0.25) is 0 Å². The zero-order valence-corrected chi connectivity index (χ0v) is 9.09. The number of nitrogens with one attached hydrogen (secondary N) is 1. The van der Waals surface area contributed by atoms with Gasteiger partial charge in [0.05, 0.1) is 6.10 Å². The Hall–Kier alpha value is -0.0800. The van der Waals surface area contributed by atoms with E-state index >= 15 is 0 Å². The van der Waals surface area contributed by atoms with Gasteiger partial charge in [-0.15, -0.1) is 0 Å². The van der Waals surface area contributed by atoms with E-state index in [0.717, 1.165) is 18.4 Å². The van der Waals surface area contributed by atoms with Gasteiger partial charge in [0, 0.05) is 12.6 Å². The van der Waals surface area contributed by atoms with Gasteiger partial charge < -0.3 is 10.4 Å². The SMILES string of the molecule is C[C@H]1CC(NC[C@H](C)O)C[C@H](C)C1. The molecule has 0 amide bonds. The molecular formula is C11H23NO. The number of rotatable bonds is 3. The van der Waals surface area contributed by atoms with Crippen LogP contribution in [0, 0.1) is 11.8 Å². The molecular weight excluding hydrogens is 162 g/mol. The molecule has 2 nitrogen and oxygen atoms in total. The summed E-state index contributed by atoms with van der Waals surface area (Å²) in [6.07, 6.45) is 3.70. The average Bonchev–Trinajstić information content (AvgIpc) is 1.99. The van der Waals surface area contributed by atoms with Gasteiger partial charge in [-0.1, -0.05) is 13.8 Å². The molecule has 0 aliphatic heterocycles. The van der Waals surface area contributed by atoms with Crippen molar-refractivity contribution in [3.63, 3.8) is 0 Å². The number of aliphatic hydroxyl groups excluding tert-OH is 1. The first-order chi connectivity index (χ1) is 6.08. The zero-order valence-electron chi connectivity index (χ0n) is 9.09. The Morgan fingerprint density at radius 1 is 1.23 bits per heavy atom. The number of aliphatic hydroxyl groups is 1. The molecule has 0 saturated heterocycles. The third-order valence-corrected chi connectivity index (χ3v) is 2.88. The Morgan fingerprint density at radius 2 is 1.77 bits per heavy atom. The molecule has 78 valence electrons. The second-order valence-corrected chi connectivity index (χ2v) is 4.87. The fourth-order valence-electron chi connectivity index (χ4n) is 2.45. The Kier molecular flexibility index (Phi) is 4.20. The molecule has 13 heavy (non-hydrogen) atoms. The highest BCUT2D eigenvalue weighted by molar-refractivity contribution is 4.79. The van der Waals surface area contributed by atoms with E-state index in [9.17, 15) is 0 Å². The molecule has 0 aromatic heterocycles. The lowest BCUT2D eigenvalue weighted by molar-refractivity contribution is 0.168. The Balaban J connectivity index is 2.25. The van der Waals surface area contributed by atoms with Gasteiger partial charge in [0.15, 0.2) is 0 Å². The summed E-state index contributed by atoms with van der Waals surface area (Å²) in [5.41, 5.74) is 0. The maximum atomic E-state index is 9.15. The topological polar surface area (TPSA) is 32.3 Å². The maximum absolute atomic E-state index is 9.15. The van der Waals surface area contributed by atoms with Crippen LogP contribution in [0.3, 0.4) is 0 Å². The van der Waals surface area contributed by atoms with Crippen molar-refractivity contribution in [3.8, 4) is 0 Å². The van der Waals surface area contributed by atoms with Crippen molar-refractivity contribution in [3.05, 3.63) is 0 Å². The molecule has 0 aromatic carbocycles. The molecule has 1 aliphatic rings. The Morgan fingerprint density at radius 3 is 2.23 bits per heavy atom. The van der Waals surface area contributed by atoms with Gasteiger partial charge >= 0.3 is 0 Å². The molecule has 1 fully saturated rings. The average molecular weight is 185 g/mol. The molecule has 2 N–H and O–H groups in total. The van der Waals surface area contributed by atoms with Gasteiger partial charge in [-0.25, -0.2) is 0 Å². The molecule has 0 radical (unpaired) electrons. The summed E-state index contributed by atoms with van der Waals surface area (Å²) < 4.78 is 0. The van der Waals surface area contributed by atoms with E-state index in [0.29, 0.717) is 6.04 Å². The fraction of sp³-hybridized carbons (Fsp3) is 1.00. The molecule has 2 heteroatoms. The maximum Gasteiger partial charge on any atom is 0.0636 e. The monoisotopic (exact) mass is 185 g/mol. The summed E-state index contributed by atoms with van der Waals surface area (Å²) >= 11 is 0. The van der Waals surface area contributed by atoms with Crippen LogP contribution < -0.4 is 5.32 Å². The van der Waals surface area contributed by atoms with Crippen LogP contribution in [0.1, 0.15) is 40.0 Å². The minimum atomic E-state index is -0.215. The number of hydrogen-bond acceptors (Lipinski definition) is 2. The summed E-state index contributed by atoms with van der Waals surface area (Å²) in [6.45, 7) is 7.23. The second-order valence-electron chi connectivity index (χ2n) is 4.87. The van der Waals surface area contributed by atoms with E-state index in [4.69, 9.17) is 5.11 Å². The van der Waals surface area contributed by atoms with Crippen LogP contribution in [0.15, 0.2) is 0 Å². The van der Waals surface area contributed by atoms with Crippen LogP contribution in [0.2, 0.25) is 0 Å². The van der Waals surface area contributed by atoms with Crippen molar-refractivity contribution in [1.82, 2.24) is 5.32 Å². The molecule has 3 atom stereocenters. The van der Waals surface area contributed by atoms with E-state index in [1.807, 2.05) is 6.92 Å². The molecule has 1 saturated carbocycles. The first-order valence-corrected chi connectivity index (χ1v) is 5.49. The van der Waals surface area contributed by atoms with Crippen molar-refractivity contribution in [2.24, 2.45) is 11.8 Å². The van der Waals surface area contributed by atoms with E-state index in [2.05, 4.69) is 19.2 Å². The largest absolute Gasteiger partial charge is 0.392 e. The van der Waals surface area contributed by atoms with Crippen molar-refractivity contribution < 1.29 is 5.11 Å². The molecule has 0 unspecified atom stereocenters. The van der Waals surface area contributed by atoms with Gasteiger partial charge in [0.1, 0.15) is 0 Å². The molecule has 1 aliphatic carbocycles. The molecule has 0 heterocycles. The minimum absolute atomic E-state index is 0.215. The van der Waals surface area contributed by atoms with Crippen molar-refractivity contribution >= 4 is 0 Å². The van der Waals surface area contributed by atoms with Gasteiger partial charge in [0.25, 0.3) is 0 Å². The first-order valence-electron chi connectivity index (χ1n) is 5.49. The van der Waals surface area contributed by atoms with Crippen LogP contribution in [-0.2, 0) is 0 Å². The lowest BCUT2D eigenvalue weighted by Gasteiger charge is -2.32. The summed E-state index contributed by atoms with van der Waals surface area (Å²) in [6, 6.07) is 0.633. The van der Waals surface area contributed by atoms with E-state index in [1.54, 1.807) is 0 Å². The van der Waals surface area contributed by atoms with Gasteiger partial charge in [-0.2, -0.15) is 0 Å². The molecule has 0 bridgehead atoms. The smallest absolute Gasteiger partial charge is 0.0636 e. The summed E-state index contributed by atoms with van der Waals surface area (Å²) in [7, 11) is 0. The fourth-order valence-corrected chi connectivity index (χ4v) is 2.45. The van der Waals surface area contributed by atoms with E-state index < -0.39 is 0 Å². The van der Waals surface area contributed by atoms with E-state index in [1.165, 1.54) is 19.3 Å². The zero-order chi connectivity index (χ0) is 9.84. The highest BCUT2D eigenvalue weighted by Crippen LogP contribution is 2.28. The first kappa shape index (κ1) is 11.0. The van der Waals surface area contributed by atoms with Crippen LogP contribution in [0.4, 0.5) is 0 Å². The van der Waals surface area contributed by atoms with Crippen LogP contribution in [0.5, 0.6) is 0 Å². The van der Waals surface area contributed by atoms with Crippen LogP contribution in [0.25, 0.3) is 0 Å². The Labute approximate surface area is 81.7 Å². The standard InChI is InChI=1S/C11H23NO/c1-8-4-9(2)6-11(5-8)12-7-10(3)13/h8-13H,4-7H2,1-3H3/t8-,9-,10+/m1/s1. The van der Waals surface area contributed by atoms with Crippen LogP contribution >= 0.6 is 0 Å². The van der Waals surface area contributed by atoms with Gasteiger partial charge in [0.2, 0.25) is 0 Å². The normalized spacial score (nSPS) is 37.4. The predicted octanol–water partition coefficient (Wildman–Crippen LogP) is 1.78. The third kappa shape index (κ3) is 4.10. The Bertz CT molecular complexity index is 137. The van der Waals surface area contributed by atoms with Crippen molar-refractivity contribution in [2.45, 2.75) is 52.2 Å². The quantitative estimate of drug-likeness (QED) is 0.702. The third-order valence-electron chi connectivity index (χ3n) is 2.88.